The van der Waals surface area contributed by atoms with Crippen molar-refractivity contribution < 1.29 is 8.78 Å². The molecule has 1 heterocycles. The number of pyridine rings is 1. The van der Waals surface area contributed by atoms with Gasteiger partial charge in [0.2, 0.25) is 0 Å². The van der Waals surface area contributed by atoms with E-state index in [0.29, 0.717) is 5.69 Å². The lowest BCUT2D eigenvalue weighted by molar-refractivity contribution is 0.114. The van der Waals surface area contributed by atoms with Crippen LogP contribution in [-0.4, -0.2) is 11.4 Å². The summed E-state index contributed by atoms with van der Waals surface area (Å²) in [5.41, 5.74) is 6.13. The van der Waals surface area contributed by atoms with Crippen molar-refractivity contribution in [3.05, 3.63) is 29.6 Å². The van der Waals surface area contributed by atoms with Crippen molar-refractivity contribution in [2.45, 2.75) is 19.4 Å². The summed E-state index contributed by atoms with van der Waals surface area (Å²) in [5.74, 6) is 0. The number of nitrogens with zero attached hydrogens (tertiary/aromatic N) is 1. The summed E-state index contributed by atoms with van der Waals surface area (Å²) in [6, 6.07) is 3.63. The third-order valence-electron chi connectivity index (χ3n) is 1.52. The summed E-state index contributed by atoms with van der Waals surface area (Å²) < 4.78 is 24.2. The monoisotopic (exact) mass is 172 g/mol. The molecule has 0 amide bonds. The minimum Gasteiger partial charge on any atom is -0.318 e. The minimum atomic E-state index is -2.56. The van der Waals surface area contributed by atoms with Crippen LogP contribution in [0, 0.1) is 6.92 Å². The molecule has 0 aliphatic rings. The van der Waals surface area contributed by atoms with Crippen LogP contribution in [0.25, 0.3) is 0 Å². The summed E-state index contributed by atoms with van der Waals surface area (Å²) in [7, 11) is 0. The summed E-state index contributed by atoms with van der Waals surface area (Å²) in [6.07, 6.45) is -2.56. The van der Waals surface area contributed by atoms with E-state index in [4.69, 9.17) is 5.73 Å². The molecule has 0 aliphatic carbocycles. The Bertz CT molecular complexity index is 263. The van der Waals surface area contributed by atoms with Gasteiger partial charge in [0, 0.05) is 5.69 Å². The molecule has 0 saturated carbocycles. The van der Waals surface area contributed by atoms with E-state index in [1.807, 2.05) is 0 Å². The molecule has 0 spiro atoms. The molecule has 0 saturated heterocycles. The first-order valence-electron chi connectivity index (χ1n) is 3.58. The Hall–Kier alpha value is -1.03. The maximum Gasteiger partial charge on any atom is 0.259 e. The molecule has 0 fully saturated rings. The lowest BCUT2D eigenvalue weighted by Gasteiger charge is -2.09. The molecule has 0 bridgehead atoms. The van der Waals surface area contributed by atoms with Crippen LogP contribution in [0.4, 0.5) is 8.78 Å². The van der Waals surface area contributed by atoms with E-state index in [1.165, 1.54) is 6.07 Å². The van der Waals surface area contributed by atoms with Crippen LogP contribution in [0.1, 0.15) is 17.4 Å². The van der Waals surface area contributed by atoms with Gasteiger partial charge in [-0.05, 0) is 19.1 Å². The SMILES string of the molecule is Cc1cccc([C@@H](N)C(F)F)n1. The Morgan fingerprint density at radius 2 is 2.08 bits per heavy atom. The molecule has 12 heavy (non-hydrogen) atoms. The zero-order valence-electron chi connectivity index (χ0n) is 6.67. The van der Waals surface area contributed by atoms with Gasteiger partial charge in [0.05, 0.1) is 5.69 Å². The molecule has 1 atom stereocenters. The summed E-state index contributed by atoms with van der Waals surface area (Å²) >= 11 is 0. The maximum absolute atomic E-state index is 12.1. The van der Waals surface area contributed by atoms with E-state index < -0.39 is 12.5 Å². The number of aromatic nitrogens is 1. The molecule has 2 nitrogen and oxygen atoms in total. The number of alkyl halides is 2. The fourth-order valence-corrected chi connectivity index (χ4v) is 0.879. The maximum atomic E-state index is 12.1. The van der Waals surface area contributed by atoms with Crippen LogP contribution in [0.3, 0.4) is 0 Å². The number of nitrogens with two attached hydrogens (primary N) is 1. The summed E-state index contributed by atoms with van der Waals surface area (Å²) in [5, 5.41) is 0. The predicted octanol–water partition coefficient (Wildman–Crippen LogP) is 1.65. The topological polar surface area (TPSA) is 38.9 Å². The molecule has 1 rings (SSSR count). The highest BCUT2D eigenvalue weighted by Crippen LogP contribution is 2.15. The fourth-order valence-electron chi connectivity index (χ4n) is 0.879. The largest absolute Gasteiger partial charge is 0.318 e. The zero-order valence-corrected chi connectivity index (χ0v) is 6.67. The van der Waals surface area contributed by atoms with Crippen molar-refractivity contribution in [3.8, 4) is 0 Å². The number of halogens is 2. The quantitative estimate of drug-likeness (QED) is 0.736. The molecule has 0 unspecified atom stereocenters. The predicted molar refractivity (Wildman–Crippen MR) is 41.9 cm³/mol. The fraction of sp³-hybridized carbons (Fsp3) is 0.375. The van der Waals surface area contributed by atoms with Gasteiger partial charge in [0.1, 0.15) is 6.04 Å². The first kappa shape index (κ1) is 9.06. The van der Waals surface area contributed by atoms with Crippen LogP contribution in [0.5, 0.6) is 0 Å². The van der Waals surface area contributed by atoms with Crippen molar-refractivity contribution in [1.29, 1.82) is 0 Å². The molecule has 66 valence electrons. The van der Waals surface area contributed by atoms with Crippen molar-refractivity contribution in [1.82, 2.24) is 4.98 Å². The van der Waals surface area contributed by atoms with E-state index in [1.54, 1.807) is 19.1 Å². The third kappa shape index (κ3) is 1.98. The average Bonchev–Trinajstić information content (AvgIpc) is 2.03. The van der Waals surface area contributed by atoms with Crippen molar-refractivity contribution >= 4 is 0 Å². The molecule has 4 heteroatoms. The second-order valence-corrected chi connectivity index (χ2v) is 2.56. The van der Waals surface area contributed by atoms with Gasteiger partial charge < -0.3 is 5.73 Å². The Balaban J connectivity index is 2.88. The van der Waals surface area contributed by atoms with E-state index in [9.17, 15) is 8.78 Å². The van der Waals surface area contributed by atoms with Crippen LogP contribution in [0.15, 0.2) is 18.2 Å². The molecule has 1 aromatic heterocycles. The first-order chi connectivity index (χ1) is 5.61. The van der Waals surface area contributed by atoms with Gasteiger partial charge in [-0.1, -0.05) is 6.07 Å². The summed E-state index contributed by atoms with van der Waals surface area (Å²) in [4.78, 5) is 3.89. The van der Waals surface area contributed by atoms with E-state index in [0.717, 1.165) is 0 Å². The molecule has 0 aromatic carbocycles. The molecular weight excluding hydrogens is 162 g/mol. The number of hydrogen-bond donors (Lipinski definition) is 1. The van der Waals surface area contributed by atoms with Gasteiger partial charge >= 0.3 is 0 Å². The van der Waals surface area contributed by atoms with Crippen LogP contribution < -0.4 is 5.73 Å². The van der Waals surface area contributed by atoms with E-state index in [-0.39, 0.29) is 5.69 Å². The van der Waals surface area contributed by atoms with Crippen molar-refractivity contribution in [2.75, 3.05) is 0 Å². The normalized spacial score (nSPS) is 13.4. The second kappa shape index (κ2) is 3.58. The van der Waals surface area contributed by atoms with Gasteiger partial charge in [-0.3, -0.25) is 4.98 Å². The Morgan fingerprint density at radius 1 is 1.42 bits per heavy atom. The third-order valence-corrected chi connectivity index (χ3v) is 1.52. The van der Waals surface area contributed by atoms with Crippen LogP contribution in [-0.2, 0) is 0 Å². The van der Waals surface area contributed by atoms with Gasteiger partial charge in [0.15, 0.2) is 0 Å². The Kier molecular flexibility index (Phi) is 2.70. The zero-order chi connectivity index (χ0) is 9.14. The minimum absolute atomic E-state index is 0.241. The Morgan fingerprint density at radius 3 is 2.58 bits per heavy atom. The first-order valence-corrected chi connectivity index (χ1v) is 3.58. The van der Waals surface area contributed by atoms with Crippen LogP contribution >= 0.6 is 0 Å². The summed E-state index contributed by atoms with van der Waals surface area (Å²) in [6.45, 7) is 1.74. The van der Waals surface area contributed by atoms with E-state index in [2.05, 4.69) is 4.98 Å². The van der Waals surface area contributed by atoms with Crippen molar-refractivity contribution in [3.63, 3.8) is 0 Å². The van der Waals surface area contributed by atoms with E-state index >= 15 is 0 Å². The standard InChI is InChI=1S/C8H10F2N2/c1-5-3-2-4-6(12-5)7(11)8(9)10/h2-4,7-8H,11H2,1H3/t7-/m1/s1. The van der Waals surface area contributed by atoms with Gasteiger partial charge in [-0.15, -0.1) is 0 Å². The average molecular weight is 172 g/mol. The number of aryl methyl sites for hydroxylation is 1. The lowest BCUT2D eigenvalue weighted by Crippen LogP contribution is -2.20. The molecular formula is C8H10F2N2. The smallest absolute Gasteiger partial charge is 0.259 e. The highest BCUT2D eigenvalue weighted by atomic mass is 19.3. The molecule has 0 radical (unpaired) electrons. The molecule has 2 N–H and O–H groups in total. The highest BCUT2D eigenvalue weighted by Gasteiger charge is 2.18. The molecule has 0 aliphatic heterocycles. The van der Waals surface area contributed by atoms with Gasteiger partial charge in [-0.2, -0.15) is 0 Å². The lowest BCUT2D eigenvalue weighted by atomic mass is 10.2. The molecule has 1 aromatic rings. The number of rotatable bonds is 2. The Labute approximate surface area is 69.4 Å². The van der Waals surface area contributed by atoms with Gasteiger partial charge in [0.25, 0.3) is 6.43 Å². The van der Waals surface area contributed by atoms with Crippen molar-refractivity contribution in [2.24, 2.45) is 5.73 Å². The number of hydrogen-bond acceptors (Lipinski definition) is 2. The highest BCUT2D eigenvalue weighted by molar-refractivity contribution is 5.13. The van der Waals surface area contributed by atoms with Crippen LogP contribution in [0.2, 0.25) is 0 Å². The van der Waals surface area contributed by atoms with Gasteiger partial charge in [-0.25, -0.2) is 8.78 Å². The second-order valence-electron chi connectivity index (χ2n) is 2.56.